The second kappa shape index (κ2) is 6.48. The number of nitrogens with zero attached hydrogens (tertiary/aromatic N) is 2. The summed E-state index contributed by atoms with van der Waals surface area (Å²) >= 11 is 1.32. The Hall–Kier alpha value is -2.61. The number of benzene rings is 1. The number of rotatable bonds is 5. The average Bonchev–Trinajstić information content (AvgIpc) is 3.19. The molecular formula is C16H16N2O5S. The van der Waals surface area contributed by atoms with Gasteiger partial charge in [0.25, 0.3) is 5.91 Å². The molecule has 24 heavy (non-hydrogen) atoms. The summed E-state index contributed by atoms with van der Waals surface area (Å²) < 4.78 is 10.6. The molecule has 1 aliphatic heterocycles. The van der Waals surface area contributed by atoms with Gasteiger partial charge in [0.15, 0.2) is 11.5 Å². The zero-order chi connectivity index (χ0) is 17.3. The summed E-state index contributed by atoms with van der Waals surface area (Å²) in [5, 5.41) is 11.3. The maximum absolute atomic E-state index is 12.5. The molecule has 0 aliphatic carbocycles. The van der Waals surface area contributed by atoms with Gasteiger partial charge in [0, 0.05) is 17.0 Å². The summed E-state index contributed by atoms with van der Waals surface area (Å²) in [5.74, 6) is -0.122. The Kier molecular flexibility index (Phi) is 4.39. The van der Waals surface area contributed by atoms with Gasteiger partial charge in [0.2, 0.25) is 6.79 Å². The van der Waals surface area contributed by atoms with Crippen LogP contribution in [0.4, 0.5) is 0 Å². The highest BCUT2D eigenvalue weighted by Crippen LogP contribution is 2.36. The molecule has 1 amide bonds. The number of aromatic nitrogens is 1. The minimum absolute atomic E-state index is 0.193. The lowest BCUT2D eigenvalue weighted by Crippen LogP contribution is -2.40. The molecule has 2 heterocycles. The lowest BCUT2D eigenvalue weighted by Gasteiger charge is -2.23. The van der Waals surface area contributed by atoms with Crippen LogP contribution in [-0.4, -0.2) is 46.2 Å². The Bertz CT molecular complexity index is 787. The molecule has 7 nitrogen and oxygen atoms in total. The Labute approximate surface area is 142 Å². The molecule has 0 bridgehead atoms. The maximum Gasteiger partial charge on any atom is 0.323 e. The molecule has 1 N–H and O–H groups in total. The van der Waals surface area contributed by atoms with Gasteiger partial charge >= 0.3 is 5.97 Å². The number of hydrogen-bond acceptors (Lipinski definition) is 6. The van der Waals surface area contributed by atoms with E-state index >= 15 is 0 Å². The van der Waals surface area contributed by atoms with Crippen LogP contribution in [0.25, 0.3) is 10.6 Å². The lowest BCUT2D eigenvalue weighted by molar-refractivity contribution is -0.138. The Morgan fingerprint density at radius 1 is 1.33 bits per heavy atom. The van der Waals surface area contributed by atoms with Crippen molar-refractivity contribution in [2.75, 3.05) is 13.3 Å². The molecule has 0 saturated heterocycles. The van der Waals surface area contributed by atoms with Gasteiger partial charge in [-0.25, -0.2) is 4.98 Å². The predicted molar refractivity (Wildman–Crippen MR) is 87.5 cm³/mol. The zero-order valence-corrected chi connectivity index (χ0v) is 14.0. The van der Waals surface area contributed by atoms with Crippen molar-refractivity contribution in [3.05, 3.63) is 29.3 Å². The molecule has 0 atom stereocenters. The number of carboxylic acids is 1. The average molecular weight is 348 g/mol. The van der Waals surface area contributed by atoms with E-state index in [4.69, 9.17) is 14.6 Å². The molecule has 1 aliphatic rings. The van der Waals surface area contributed by atoms with Crippen molar-refractivity contribution in [3.63, 3.8) is 0 Å². The number of carbonyl (C=O) groups excluding carboxylic acids is 1. The topological polar surface area (TPSA) is 89.0 Å². The number of fused-ring (bicyclic) bond motifs is 1. The molecule has 126 valence electrons. The Balaban J connectivity index is 1.84. The van der Waals surface area contributed by atoms with Gasteiger partial charge in [-0.05, 0) is 32.0 Å². The second-order valence-electron chi connectivity index (χ2n) is 5.53. The number of thiazole rings is 1. The molecule has 0 radical (unpaired) electrons. The normalized spacial score (nSPS) is 12.5. The molecule has 2 aromatic rings. The van der Waals surface area contributed by atoms with Crippen LogP contribution < -0.4 is 9.47 Å². The third kappa shape index (κ3) is 3.18. The van der Waals surface area contributed by atoms with Crippen molar-refractivity contribution >= 4 is 23.2 Å². The fraction of sp³-hybridized carbons (Fsp3) is 0.312. The van der Waals surface area contributed by atoms with Gasteiger partial charge in [-0.2, -0.15) is 0 Å². The van der Waals surface area contributed by atoms with E-state index in [0.29, 0.717) is 16.5 Å². The van der Waals surface area contributed by atoms with Gasteiger partial charge in [0.05, 0.1) is 0 Å². The van der Waals surface area contributed by atoms with Crippen LogP contribution in [0.3, 0.4) is 0 Å². The van der Waals surface area contributed by atoms with Gasteiger partial charge in [-0.15, -0.1) is 11.3 Å². The molecule has 8 heteroatoms. The second-order valence-corrected chi connectivity index (χ2v) is 6.38. The highest BCUT2D eigenvalue weighted by atomic mass is 32.1. The van der Waals surface area contributed by atoms with Gasteiger partial charge in [-0.3, -0.25) is 9.59 Å². The third-order valence-electron chi connectivity index (χ3n) is 3.53. The lowest BCUT2D eigenvalue weighted by atomic mass is 10.2. The van der Waals surface area contributed by atoms with Crippen molar-refractivity contribution in [2.24, 2.45) is 0 Å². The fourth-order valence-corrected chi connectivity index (χ4v) is 3.11. The molecule has 1 aromatic heterocycles. The fourth-order valence-electron chi connectivity index (χ4n) is 2.32. The van der Waals surface area contributed by atoms with Crippen LogP contribution in [0.2, 0.25) is 0 Å². The van der Waals surface area contributed by atoms with Crippen LogP contribution in [0.15, 0.2) is 23.6 Å². The van der Waals surface area contributed by atoms with Crippen LogP contribution in [0.5, 0.6) is 11.5 Å². The predicted octanol–water partition coefficient (Wildman–Crippen LogP) is 2.47. The third-order valence-corrected chi connectivity index (χ3v) is 4.42. The standard InChI is InChI=1S/C16H16N2O5S/c1-9(2)18(6-14(19)20)16(21)11-7-24-15(17-11)10-3-4-12-13(5-10)23-8-22-12/h3-5,7,9H,6,8H2,1-2H3,(H,19,20). The number of hydrogen-bond donors (Lipinski definition) is 1. The number of aliphatic carboxylic acids is 1. The van der Waals surface area contributed by atoms with Gasteiger partial charge in [-0.1, -0.05) is 0 Å². The summed E-state index contributed by atoms with van der Waals surface area (Å²) in [7, 11) is 0. The number of amides is 1. The van der Waals surface area contributed by atoms with Gasteiger partial charge in [0.1, 0.15) is 17.2 Å². The molecule has 3 rings (SSSR count). The summed E-state index contributed by atoms with van der Waals surface area (Å²) in [6.07, 6.45) is 0. The number of ether oxygens (including phenoxy) is 2. The van der Waals surface area contributed by atoms with E-state index in [1.165, 1.54) is 16.2 Å². The van der Waals surface area contributed by atoms with E-state index in [1.54, 1.807) is 25.3 Å². The first-order valence-electron chi connectivity index (χ1n) is 7.34. The van der Waals surface area contributed by atoms with Crippen molar-refractivity contribution in [1.29, 1.82) is 0 Å². The maximum atomic E-state index is 12.5. The van der Waals surface area contributed by atoms with Crippen LogP contribution in [-0.2, 0) is 4.79 Å². The summed E-state index contributed by atoms with van der Waals surface area (Å²) in [6, 6.07) is 5.22. The molecular weight excluding hydrogens is 332 g/mol. The van der Waals surface area contributed by atoms with E-state index in [1.807, 2.05) is 12.1 Å². The Morgan fingerprint density at radius 2 is 2.08 bits per heavy atom. The highest BCUT2D eigenvalue weighted by Gasteiger charge is 2.24. The summed E-state index contributed by atoms with van der Waals surface area (Å²) in [4.78, 5) is 29.1. The van der Waals surface area contributed by atoms with Crippen LogP contribution >= 0.6 is 11.3 Å². The first kappa shape index (κ1) is 16.3. The molecule has 0 fully saturated rings. The van der Waals surface area contributed by atoms with Crippen LogP contribution in [0, 0.1) is 0 Å². The molecule has 1 aromatic carbocycles. The Morgan fingerprint density at radius 3 is 2.79 bits per heavy atom. The first-order chi connectivity index (χ1) is 11.5. The van der Waals surface area contributed by atoms with E-state index in [9.17, 15) is 9.59 Å². The minimum Gasteiger partial charge on any atom is -0.480 e. The highest BCUT2D eigenvalue weighted by molar-refractivity contribution is 7.13. The first-order valence-corrected chi connectivity index (χ1v) is 8.22. The van der Waals surface area contributed by atoms with E-state index < -0.39 is 11.9 Å². The molecule has 0 saturated carbocycles. The monoisotopic (exact) mass is 348 g/mol. The zero-order valence-electron chi connectivity index (χ0n) is 13.2. The van der Waals surface area contributed by atoms with E-state index in [-0.39, 0.29) is 25.1 Å². The largest absolute Gasteiger partial charge is 0.480 e. The van der Waals surface area contributed by atoms with Crippen molar-refractivity contribution in [2.45, 2.75) is 19.9 Å². The number of carbonyl (C=O) groups is 2. The van der Waals surface area contributed by atoms with E-state index in [2.05, 4.69) is 4.98 Å². The smallest absolute Gasteiger partial charge is 0.323 e. The van der Waals surface area contributed by atoms with Crippen molar-refractivity contribution < 1.29 is 24.2 Å². The number of carboxylic acid groups (broad SMARTS) is 1. The SMILES string of the molecule is CC(C)N(CC(=O)O)C(=O)c1csc(-c2ccc3c(c2)OCO3)n1. The van der Waals surface area contributed by atoms with Crippen molar-refractivity contribution in [1.82, 2.24) is 9.88 Å². The molecule has 0 unspecified atom stereocenters. The summed E-state index contributed by atoms with van der Waals surface area (Å²) in [6.45, 7) is 3.38. The van der Waals surface area contributed by atoms with E-state index in [0.717, 1.165) is 5.56 Å². The van der Waals surface area contributed by atoms with Crippen molar-refractivity contribution in [3.8, 4) is 22.1 Å². The summed E-state index contributed by atoms with van der Waals surface area (Å²) in [5.41, 5.74) is 1.06. The van der Waals surface area contributed by atoms with Crippen LogP contribution in [0.1, 0.15) is 24.3 Å². The van der Waals surface area contributed by atoms with Gasteiger partial charge < -0.3 is 19.5 Å². The minimum atomic E-state index is -1.05. The quantitative estimate of drug-likeness (QED) is 0.893. The molecule has 0 spiro atoms.